The minimum absolute atomic E-state index is 0.103. The van der Waals surface area contributed by atoms with Crippen LogP contribution in [0.3, 0.4) is 0 Å². The van der Waals surface area contributed by atoms with E-state index in [0.29, 0.717) is 12.2 Å². The molecule has 15 heteroatoms. The third-order valence-corrected chi connectivity index (χ3v) is 6.11. The van der Waals surface area contributed by atoms with Gasteiger partial charge in [-0.1, -0.05) is 18.2 Å². The van der Waals surface area contributed by atoms with Crippen molar-refractivity contribution in [2.75, 3.05) is 19.6 Å². The van der Waals surface area contributed by atoms with Gasteiger partial charge in [-0.05, 0) is 37.2 Å². The van der Waals surface area contributed by atoms with E-state index in [2.05, 4.69) is 4.74 Å². The van der Waals surface area contributed by atoms with Gasteiger partial charge in [-0.15, -0.1) is 0 Å². The number of carbonyl (C=O) groups is 1. The quantitative estimate of drug-likeness (QED) is 0.373. The summed E-state index contributed by atoms with van der Waals surface area (Å²) in [7, 11) is 0. The zero-order valence-corrected chi connectivity index (χ0v) is 18.8. The van der Waals surface area contributed by atoms with Crippen LogP contribution in [0.5, 0.6) is 0 Å². The lowest BCUT2D eigenvalue weighted by Gasteiger charge is -2.37. The van der Waals surface area contributed by atoms with Crippen LogP contribution < -0.4 is 0 Å². The lowest BCUT2D eigenvalue weighted by Crippen LogP contribution is -2.49. The summed E-state index contributed by atoms with van der Waals surface area (Å²) in [6, 6.07) is 0. The van der Waals surface area contributed by atoms with Crippen molar-refractivity contribution in [3.05, 3.63) is 48.0 Å². The molecule has 0 aromatic heterocycles. The van der Waals surface area contributed by atoms with Crippen molar-refractivity contribution < 1.29 is 54.1 Å². The normalized spacial score (nSPS) is 20.3. The summed E-state index contributed by atoms with van der Waals surface area (Å²) in [5, 5.41) is 0. The Hall–Kier alpha value is -2.68. The van der Waals surface area contributed by atoms with E-state index in [1.807, 2.05) is 12.2 Å². The van der Waals surface area contributed by atoms with Crippen molar-refractivity contribution in [2.24, 2.45) is 5.92 Å². The average molecular weight is 531 g/mol. The molecule has 0 aromatic rings. The molecule has 0 radical (unpaired) electrons. The van der Waals surface area contributed by atoms with E-state index in [9.17, 15) is 39.9 Å². The summed E-state index contributed by atoms with van der Waals surface area (Å²) < 4.78 is 115. The SMILES string of the molecule is O=C(OC(C(F)(F)F)C(F)(F)F)N1CCC(CN(C2=COC=C(C3=CC=CCC3)O2)S(=O)[O-])CC1. The number of rotatable bonds is 6. The molecular formula is C20H21F6N2O6S-. The first-order valence-corrected chi connectivity index (χ1v) is 11.4. The summed E-state index contributed by atoms with van der Waals surface area (Å²) in [5.41, 5.74) is 0.803. The van der Waals surface area contributed by atoms with Gasteiger partial charge in [0.05, 0.1) is 0 Å². The molecule has 0 spiro atoms. The monoisotopic (exact) mass is 531 g/mol. The second-order valence-corrected chi connectivity index (χ2v) is 8.77. The molecule has 1 amide bonds. The first kappa shape index (κ1) is 26.9. The lowest BCUT2D eigenvalue weighted by molar-refractivity contribution is -0.308. The van der Waals surface area contributed by atoms with E-state index in [4.69, 9.17) is 9.47 Å². The topological polar surface area (TPSA) is 91.4 Å². The van der Waals surface area contributed by atoms with Gasteiger partial charge in [0.2, 0.25) is 5.88 Å². The Balaban J connectivity index is 1.56. The van der Waals surface area contributed by atoms with Crippen molar-refractivity contribution in [3.63, 3.8) is 0 Å². The van der Waals surface area contributed by atoms with Gasteiger partial charge in [-0.3, -0.25) is 8.51 Å². The predicted molar refractivity (Wildman–Crippen MR) is 107 cm³/mol. The third-order valence-electron chi connectivity index (χ3n) is 5.42. The van der Waals surface area contributed by atoms with Crippen molar-refractivity contribution in [1.29, 1.82) is 0 Å². The van der Waals surface area contributed by atoms with Crippen LogP contribution in [0, 0.1) is 5.92 Å². The summed E-state index contributed by atoms with van der Waals surface area (Å²) >= 11 is -2.77. The Morgan fingerprint density at radius 3 is 2.40 bits per heavy atom. The number of hydrogen-bond donors (Lipinski definition) is 0. The van der Waals surface area contributed by atoms with Crippen LogP contribution in [-0.4, -0.2) is 62.2 Å². The Bertz CT molecular complexity index is 923. The summed E-state index contributed by atoms with van der Waals surface area (Å²) in [6.45, 7) is -0.535. The maximum absolute atomic E-state index is 12.6. The van der Waals surface area contributed by atoms with Crippen LogP contribution >= 0.6 is 0 Å². The number of likely N-dealkylation sites (tertiary alicyclic amines) is 1. The fourth-order valence-electron chi connectivity index (χ4n) is 3.63. The molecule has 2 heterocycles. The Morgan fingerprint density at radius 1 is 1.20 bits per heavy atom. The summed E-state index contributed by atoms with van der Waals surface area (Å²) in [4.78, 5) is 12.6. The minimum Gasteiger partial charge on any atom is -0.755 e. The molecule has 196 valence electrons. The molecule has 1 unspecified atom stereocenters. The Morgan fingerprint density at radius 2 is 1.86 bits per heavy atom. The second kappa shape index (κ2) is 10.9. The molecule has 2 aliphatic heterocycles. The highest BCUT2D eigenvalue weighted by Crippen LogP contribution is 2.36. The highest BCUT2D eigenvalue weighted by molar-refractivity contribution is 7.76. The number of ether oxygens (including phenoxy) is 3. The molecule has 8 nitrogen and oxygen atoms in total. The van der Waals surface area contributed by atoms with Crippen LogP contribution in [0.15, 0.2) is 48.0 Å². The van der Waals surface area contributed by atoms with Crippen molar-refractivity contribution in [2.45, 2.75) is 44.1 Å². The zero-order chi connectivity index (χ0) is 25.8. The fourth-order valence-corrected chi connectivity index (χ4v) is 4.18. The van der Waals surface area contributed by atoms with Crippen LogP contribution in [0.1, 0.15) is 25.7 Å². The van der Waals surface area contributed by atoms with E-state index in [0.717, 1.165) is 27.5 Å². The number of nitrogens with zero attached hydrogens (tertiary/aromatic N) is 2. The molecule has 1 saturated heterocycles. The first-order valence-electron chi connectivity index (χ1n) is 10.4. The van der Waals surface area contributed by atoms with Crippen molar-refractivity contribution in [1.82, 2.24) is 9.21 Å². The number of amides is 1. The molecule has 0 N–H and O–H groups in total. The molecule has 3 aliphatic rings. The van der Waals surface area contributed by atoms with Crippen LogP contribution in [0.4, 0.5) is 31.1 Å². The van der Waals surface area contributed by atoms with E-state index in [-0.39, 0.29) is 44.3 Å². The maximum Gasteiger partial charge on any atom is 0.434 e. The number of carbonyl (C=O) groups excluding carboxylic acids is 1. The second-order valence-electron chi connectivity index (χ2n) is 7.89. The molecule has 1 atom stereocenters. The number of alkyl halides is 6. The average Bonchev–Trinajstić information content (AvgIpc) is 2.80. The molecule has 3 rings (SSSR count). The van der Waals surface area contributed by atoms with Crippen molar-refractivity contribution in [3.8, 4) is 0 Å². The highest BCUT2D eigenvalue weighted by atomic mass is 32.2. The summed E-state index contributed by atoms with van der Waals surface area (Å²) in [5.74, 6) is -0.135. The van der Waals surface area contributed by atoms with Gasteiger partial charge < -0.3 is 23.7 Å². The molecule has 35 heavy (non-hydrogen) atoms. The van der Waals surface area contributed by atoms with Gasteiger partial charge in [0.15, 0.2) is 12.0 Å². The highest BCUT2D eigenvalue weighted by Gasteiger charge is 2.60. The Kier molecular flexibility index (Phi) is 8.41. The van der Waals surface area contributed by atoms with E-state index >= 15 is 0 Å². The number of hydrogen-bond acceptors (Lipinski definition) is 6. The van der Waals surface area contributed by atoms with Crippen LogP contribution in [-0.2, 0) is 25.5 Å². The molecular weight excluding hydrogens is 510 g/mol. The van der Waals surface area contributed by atoms with Crippen LogP contribution in [0.25, 0.3) is 0 Å². The van der Waals surface area contributed by atoms with E-state index in [1.165, 1.54) is 6.26 Å². The maximum atomic E-state index is 12.6. The number of piperidine rings is 1. The lowest BCUT2D eigenvalue weighted by atomic mass is 9.97. The Labute approximate surface area is 198 Å². The third kappa shape index (κ3) is 7.16. The standard InChI is InChI=1S/C20H22F6N2O6S/c21-19(22,23)17(20(24,25)26)34-18(29)27-8-6-13(7-9-27)10-28(35(30)31)16-12-32-11-15(33-16)14-4-2-1-3-5-14/h1-2,4,11-13,17H,3,5-10H2,(H,30,31)/p-1. The van der Waals surface area contributed by atoms with Gasteiger partial charge in [0, 0.05) is 30.9 Å². The summed E-state index contributed by atoms with van der Waals surface area (Å²) in [6.07, 6.45) is -7.92. The zero-order valence-electron chi connectivity index (χ0n) is 18.0. The number of halogens is 6. The van der Waals surface area contributed by atoms with Gasteiger partial charge in [-0.25, -0.2) is 4.79 Å². The van der Waals surface area contributed by atoms with Gasteiger partial charge in [0.1, 0.15) is 6.26 Å². The van der Waals surface area contributed by atoms with Gasteiger partial charge >= 0.3 is 18.4 Å². The van der Waals surface area contributed by atoms with E-state index in [1.54, 1.807) is 6.08 Å². The van der Waals surface area contributed by atoms with Crippen molar-refractivity contribution >= 4 is 17.4 Å². The predicted octanol–water partition coefficient (Wildman–Crippen LogP) is 4.39. The molecule has 0 saturated carbocycles. The first-order chi connectivity index (χ1) is 16.4. The van der Waals surface area contributed by atoms with Gasteiger partial charge in [0.25, 0.3) is 6.10 Å². The number of allylic oxidation sites excluding steroid dienone is 4. The van der Waals surface area contributed by atoms with E-state index < -0.39 is 35.8 Å². The molecule has 0 bridgehead atoms. The molecule has 1 aliphatic carbocycles. The molecule has 0 aromatic carbocycles. The largest absolute Gasteiger partial charge is 0.755 e. The smallest absolute Gasteiger partial charge is 0.434 e. The molecule has 1 fully saturated rings. The van der Waals surface area contributed by atoms with Gasteiger partial charge in [-0.2, -0.15) is 26.3 Å². The fraction of sp³-hybridized carbons (Fsp3) is 0.550. The van der Waals surface area contributed by atoms with Crippen LogP contribution in [0.2, 0.25) is 0 Å². The minimum atomic E-state index is -5.81.